The minimum atomic E-state index is -0.546. The van der Waals surface area contributed by atoms with E-state index in [0.717, 1.165) is 16.7 Å². The number of hydrogen-bond donors (Lipinski definition) is 0. The summed E-state index contributed by atoms with van der Waals surface area (Å²) in [6.07, 6.45) is 0. The van der Waals surface area contributed by atoms with Gasteiger partial charge < -0.3 is 18.4 Å². The molecule has 26 heavy (non-hydrogen) atoms. The molecule has 0 spiro atoms. The number of aromatic nitrogens is 1. The van der Waals surface area contributed by atoms with Crippen LogP contribution >= 0.6 is 0 Å². The van der Waals surface area contributed by atoms with Crippen molar-refractivity contribution >= 4 is 16.9 Å². The second-order valence-electron chi connectivity index (χ2n) is 5.64. The highest BCUT2D eigenvalue weighted by Gasteiger charge is 2.15. The fraction of sp³-hybridized carbons (Fsp3) is 0.100. The highest BCUT2D eigenvalue weighted by molar-refractivity contribution is 5.92. The lowest BCUT2D eigenvalue weighted by atomic mass is 10.1. The van der Waals surface area contributed by atoms with Crippen LogP contribution in [0.5, 0.6) is 5.75 Å². The molecule has 0 atom stereocenters. The van der Waals surface area contributed by atoms with Gasteiger partial charge >= 0.3 is 5.97 Å². The summed E-state index contributed by atoms with van der Waals surface area (Å²) in [7, 11) is 1.61. The summed E-state index contributed by atoms with van der Waals surface area (Å²) in [4.78, 5) is 12.1. The maximum Gasteiger partial charge on any atom is 0.374 e. The molecule has 0 radical (unpaired) electrons. The molecule has 2 aromatic carbocycles. The van der Waals surface area contributed by atoms with E-state index in [0.29, 0.717) is 17.0 Å². The van der Waals surface area contributed by atoms with Crippen LogP contribution in [0.25, 0.3) is 22.3 Å². The Hall–Kier alpha value is -3.54. The van der Waals surface area contributed by atoms with Gasteiger partial charge in [0.05, 0.1) is 7.11 Å². The van der Waals surface area contributed by atoms with Crippen molar-refractivity contribution in [3.05, 3.63) is 72.1 Å². The molecular formula is C20H15NO5. The summed E-state index contributed by atoms with van der Waals surface area (Å²) < 4.78 is 21.2. The fourth-order valence-corrected chi connectivity index (χ4v) is 2.56. The Morgan fingerprint density at radius 3 is 2.65 bits per heavy atom. The van der Waals surface area contributed by atoms with Gasteiger partial charge in [0.1, 0.15) is 23.6 Å². The van der Waals surface area contributed by atoms with Crippen molar-refractivity contribution in [3.8, 4) is 17.1 Å². The molecule has 4 rings (SSSR count). The summed E-state index contributed by atoms with van der Waals surface area (Å²) in [5.41, 5.74) is 2.01. The molecular weight excluding hydrogens is 334 g/mol. The molecule has 0 amide bonds. The van der Waals surface area contributed by atoms with Gasteiger partial charge in [0, 0.05) is 17.0 Å². The van der Waals surface area contributed by atoms with Crippen LogP contribution in [-0.2, 0) is 11.3 Å². The number of carbonyl (C=O) groups is 1. The molecule has 0 aliphatic heterocycles. The average Bonchev–Trinajstić information content (AvgIpc) is 3.33. The lowest BCUT2D eigenvalue weighted by Gasteiger charge is -1.99. The van der Waals surface area contributed by atoms with Crippen molar-refractivity contribution in [1.29, 1.82) is 0 Å². The number of carbonyl (C=O) groups excluding carboxylic acids is 1. The second kappa shape index (κ2) is 6.76. The van der Waals surface area contributed by atoms with Crippen molar-refractivity contribution in [1.82, 2.24) is 5.16 Å². The molecule has 2 aromatic heterocycles. The molecule has 0 aliphatic carbocycles. The highest BCUT2D eigenvalue weighted by Crippen LogP contribution is 2.24. The van der Waals surface area contributed by atoms with Crippen LogP contribution in [0.2, 0.25) is 0 Å². The van der Waals surface area contributed by atoms with Crippen LogP contribution in [0.4, 0.5) is 0 Å². The first kappa shape index (κ1) is 16.0. The zero-order chi connectivity index (χ0) is 17.9. The van der Waals surface area contributed by atoms with E-state index in [4.69, 9.17) is 18.4 Å². The van der Waals surface area contributed by atoms with Crippen LogP contribution in [0, 0.1) is 0 Å². The smallest absolute Gasteiger partial charge is 0.374 e. The number of fused-ring (bicyclic) bond motifs is 1. The third kappa shape index (κ3) is 3.17. The highest BCUT2D eigenvalue weighted by atomic mass is 16.5. The SMILES string of the molecule is COc1ccc(-c2cc(COC(=O)c3cc4ccccc4o3)no2)cc1. The van der Waals surface area contributed by atoms with E-state index in [1.54, 1.807) is 25.3 Å². The number of hydrogen-bond acceptors (Lipinski definition) is 6. The van der Waals surface area contributed by atoms with Crippen LogP contribution in [-0.4, -0.2) is 18.2 Å². The normalized spacial score (nSPS) is 10.8. The first-order valence-corrected chi connectivity index (χ1v) is 7.98. The predicted molar refractivity (Wildman–Crippen MR) is 93.8 cm³/mol. The van der Waals surface area contributed by atoms with Crippen molar-refractivity contribution in [2.75, 3.05) is 7.11 Å². The molecule has 4 aromatic rings. The second-order valence-corrected chi connectivity index (χ2v) is 5.64. The number of esters is 1. The first-order valence-electron chi connectivity index (χ1n) is 7.98. The minimum Gasteiger partial charge on any atom is -0.497 e. The topological polar surface area (TPSA) is 74.7 Å². The summed E-state index contributed by atoms with van der Waals surface area (Å²) >= 11 is 0. The van der Waals surface area contributed by atoms with Gasteiger partial charge in [-0.05, 0) is 36.4 Å². The van der Waals surface area contributed by atoms with E-state index < -0.39 is 5.97 Å². The molecule has 130 valence electrons. The van der Waals surface area contributed by atoms with Gasteiger partial charge in [0.25, 0.3) is 0 Å². The van der Waals surface area contributed by atoms with Gasteiger partial charge in [0.15, 0.2) is 5.76 Å². The van der Waals surface area contributed by atoms with E-state index in [2.05, 4.69) is 5.16 Å². The molecule has 0 bridgehead atoms. The summed E-state index contributed by atoms with van der Waals surface area (Å²) in [6, 6.07) is 18.2. The Balaban J connectivity index is 1.43. The van der Waals surface area contributed by atoms with Gasteiger partial charge in [0.2, 0.25) is 5.76 Å². The van der Waals surface area contributed by atoms with Crippen LogP contribution in [0.3, 0.4) is 0 Å². The Kier molecular flexibility index (Phi) is 4.15. The number of furan rings is 1. The maximum atomic E-state index is 12.1. The lowest BCUT2D eigenvalue weighted by Crippen LogP contribution is -2.03. The first-order chi connectivity index (χ1) is 12.7. The Bertz CT molecular complexity index is 1010. The number of methoxy groups -OCH3 is 1. The Morgan fingerprint density at radius 1 is 1.08 bits per heavy atom. The van der Waals surface area contributed by atoms with Crippen LogP contribution in [0.1, 0.15) is 16.2 Å². The lowest BCUT2D eigenvalue weighted by molar-refractivity contribution is 0.0430. The predicted octanol–water partition coefficient (Wildman–Crippen LogP) is 4.45. The van der Waals surface area contributed by atoms with Crippen LogP contribution < -0.4 is 4.74 Å². The number of para-hydroxylation sites is 1. The summed E-state index contributed by atoms with van der Waals surface area (Å²) in [5.74, 6) is 0.955. The fourth-order valence-electron chi connectivity index (χ4n) is 2.56. The van der Waals surface area contributed by atoms with Gasteiger partial charge in [-0.1, -0.05) is 23.4 Å². The zero-order valence-electron chi connectivity index (χ0n) is 14.0. The Labute approximate surface area is 148 Å². The van der Waals surface area contributed by atoms with Gasteiger partial charge in [-0.15, -0.1) is 0 Å². The molecule has 2 heterocycles. The average molecular weight is 349 g/mol. The van der Waals surface area contributed by atoms with E-state index in [-0.39, 0.29) is 12.4 Å². The van der Waals surface area contributed by atoms with Gasteiger partial charge in [-0.3, -0.25) is 0 Å². The molecule has 0 unspecified atom stereocenters. The summed E-state index contributed by atoms with van der Waals surface area (Å²) in [6.45, 7) is -0.00443. The Morgan fingerprint density at radius 2 is 1.88 bits per heavy atom. The number of benzene rings is 2. The maximum absolute atomic E-state index is 12.1. The number of nitrogens with zero attached hydrogens (tertiary/aromatic N) is 1. The van der Waals surface area contributed by atoms with E-state index in [1.165, 1.54) is 0 Å². The van der Waals surface area contributed by atoms with Crippen molar-refractivity contribution in [3.63, 3.8) is 0 Å². The zero-order valence-corrected chi connectivity index (χ0v) is 14.0. The monoisotopic (exact) mass is 349 g/mol. The van der Waals surface area contributed by atoms with E-state index in [9.17, 15) is 4.79 Å². The third-order valence-electron chi connectivity index (χ3n) is 3.91. The third-order valence-corrected chi connectivity index (χ3v) is 3.91. The molecule has 6 heteroatoms. The van der Waals surface area contributed by atoms with Crippen molar-refractivity contribution in [2.45, 2.75) is 6.61 Å². The molecule has 0 saturated heterocycles. The van der Waals surface area contributed by atoms with Gasteiger partial charge in [-0.25, -0.2) is 4.79 Å². The minimum absolute atomic E-state index is 0.00443. The van der Waals surface area contributed by atoms with Crippen molar-refractivity contribution < 1.29 is 23.2 Å². The molecule has 6 nitrogen and oxygen atoms in total. The largest absolute Gasteiger partial charge is 0.497 e. The quantitative estimate of drug-likeness (QED) is 0.495. The standard InChI is InChI=1S/C20H15NO5/c1-23-16-8-6-13(7-9-16)18-11-15(21-26-18)12-24-20(22)19-10-14-4-2-3-5-17(14)25-19/h2-11H,12H2,1H3. The molecule has 0 saturated carbocycles. The molecule has 0 fully saturated rings. The molecule has 0 N–H and O–H groups in total. The van der Waals surface area contributed by atoms with Crippen molar-refractivity contribution in [2.24, 2.45) is 0 Å². The number of rotatable bonds is 5. The van der Waals surface area contributed by atoms with Gasteiger partial charge in [-0.2, -0.15) is 0 Å². The number of ether oxygens (including phenoxy) is 2. The van der Waals surface area contributed by atoms with Crippen LogP contribution in [0.15, 0.2) is 69.6 Å². The summed E-state index contributed by atoms with van der Waals surface area (Å²) in [5, 5.41) is 4.78. The van der Waals surface area contributed by atoms with E-state index >= 15 is 0 Å². The molecule has 0 aliphatic rings. The van der Waals surface area contributed by atoms with E-state index in [1.807, 2.05) is 42.5 Å².